The lowest BCUT2D eigenvalue weighted by molar-refractivity contribution is -0.137. The Bertz CT molecular complexity index is 961. The first-order chi connectivity index (χ1) is 13.0. The van der Waals surface area contributed by atoms with Crippen LogP contribution in [-0.2, 0) is 27.1 Å². The van der Waals surface area contributed by atoms with E-state index in [1.165, 1.54) is 11.6 Å². The van der Waals surface area contributed by atoms with Gasteiger partial charge in [-0.1, -0.05) is 12.1 Å². The molecule has 0 amide bonds. The molecule has 1 aromatic heterocycles. The molecule has 2 aromatic rings. The number of rotatable bonds is 6. The summed E-state index contributed by atoms with van der Waals surface area (Å²) in [5.41, 5.74) is 1.41. The van der Waals surface area contributed by atoms with Crippen molar-refractivity contribution in [3.05, 3.63) is 36.0 Å². The van der Waals surface area contributed by atoms with Crippen molar-refractivity contribution in [2.24, 2.45) is 0 Å². The Hall–Kier alpha value is -2.45. The van der Waals surface area contributed by atoms with E-state index in [4.69, 9.17) is 9.31 Å². The number of aliphatic carboxylic acids is 1. The third-order valence-electron chi connectivity index (χ3n) is 5.47. The molecule has 1 aliphatic rings. The first kappa shape index (κ1) is 20.3. The maximum absolute atomic E-state index is 12.1. The summed E-state index contributed by atoms with van der Waals surface area (Å²) in [6, 6.07) is 3.72. The van der Waals surface area contributed by atoms with Crippen molar-refractivity contribution in [1.82, 2.24) is 9.78 Å². The second-order valence-corrected chi connectivity index (χ2v) is 8.11. The van der Waals surface area contributed by atoms with E-state index in [-0.39, 0.29) is 18.0 Å². The van der Waals surface area contributed by atoms with Gasteiger partial charge in [0, 0.05) is 12.3 Å². The third-order valence-corrected chi connectivity index (χ3v) is 5.47. The van der Waals surface area contributed by atoms with Crippen molar-refractivity contribution in [3.63, 3.8) is 0 Å². The number of carboxylic acid groups (broad SMARTS) is 1. The van der Waals surface area contributed by atoms with Gasteiger partial charge in [-0.3, -0.25) is 14.3 Å². The average Bonchev–Trinajstić information content (AvgIpc) is 3.02. The smallest absolute Gasteiger partial charge is 0.480 e. The molecule has 148 valence electrons. The Labute approximate surface area is 164 Å². The zero-order valence-electron chi connectivity index (χ0n) is 16.9. The molecule has 0 saturated carbocycles. The number of Topliss-reactive ketones (excluding diaryl/α,β-unsaturated/α-hetero) is 1. The van der Waals surface area contributed by atoms with Crippen LogP contribution in [0.1, 0.15) is 50.7 Å². The molecule has 1 fully saturated rings. The van der Waals surface area contributed by atoms with Crippen molar-refractivity contribution in [3.8, 4) is 0 Å². The molecular formula is C20H25BN2O5. The molecule has 1 N–H and O–H groups in total. The van der Waals surface area contributed by atoms with E-state index in [2.05, 4.69) is 11.7 Å². The lowest BCUT2D eigenvalue weighted by Crippen LogP contribution is -2.41. The van der Waals surface area contributed by atoms with Gasteiger partial charge in [0.1, 0.15) is 12.2 Å². The maximum atomic E-state index is 12.1. The van der Waals surface area contributed by atoms with Crippen LogP contribution in [0.2, 0.25) is 0 Å². The summed E-state index contributed by atoms with van der Waals surface area (Å²) in [5.74, 6) is -1.26. The zero-order valence-corrected chi connectivity index (χ0v) is 16.9. The fourth-order valence-electron chi connectivity index (χ4n) is 3.34. The fourth-order valence-corrected chi connectivity index (χ4v) is 3.34. The van der Waals surface area contributed by atoms with E-state index in [1.807, 2.05) is 33.8 Å². The van der Waals surface area contributed by atoms with Gasteiger partial charge in [0.05, 0.1) is 16.7 Å². The van der Waals surface area contributed by atoms with Crippen molar-refractivity contribution >= 4 is 35.2 Å². The summed E-state index contributed by atoms with van der Waals surface area (Å²) in [6.07, 6.45) is 2.24. The zero-order chi connectivity index (χ0) is 20.9. The molecular weight excluding hydrogens is 359 g/mol. The second kappa shape index (κ2) is 6.86. The summed E-state index contributed by atoms with van der Waals surface area (Å²) < 4.78 is 13.6. The Morgan fingerprint density at radius 2 is 1.86 bits per heavy atom. The highest BCUT2D eigenvalue weighted by molar-refractivity contribution is 6.62. The monoisotopic (exact) mass is 384 g/mol. The van der Waals surface area contributed by atoms with E-state index in [0.717, 1.165) is 11.0 Å². The Balaban J connectivity index is 2.22. The standard InChI is InChI=1S/C20H25BN2O5/c1-7-8-13-9-14(21-27-19(3,4)20(5,6)28-21)10-15-17(13)18(12(2)24)22-23(15)11-16(25)26/h7,9-10H,1,8,11H2,2-6H3,(H,25,26). The van der Waals surface area contributed by atoms with Gasteiger partial charge in [0.2, 0.25) is 0 Å². The molecule has 8 heteroatoms. The van der Waals surface area contributed by atoms with E-state index >= 15 is 0 Å². The molecule has 0 radical (unpaired) electrons. The Morgan fingerprint density at radius 1 is 1.25 bits per heavy atom. The summed E-state index contributed by atoms with van der Waals surface area (Å²) in [7, 11) is -0.605. The van der Waals surface area contributed by atoms with Crippen LogP contribution in [0.15, 0.2) is 24.8 Å². The molecule has 28 heavy (non-hydrogen) atoms. The number of carboxylic acids is 1. The molecule has 1 aliphatic heterocycles. The Kier molecular flexibility index (Phi) is 4.97. The number of fused-ring (bicyclic) bond motifs is 1. The summed E-state index contributed by atoms with van der Waals surface area (Å²) in [6.45, 7) is 12.8. The van der Waals surface area contributed by atoms with Crippen LogP contribution in [0, 0.1) is 0 Å². The van der Waals surface area contributed by atoms with Crippen molar-refractivity contribution in [1.29, 1.82) is 0 Å². The topological polar surface area (TPSA) is 90.7 Å². The number of aromatic nitrogens is 2. The highest BCUT2D eigenvalue weighted by Gasteiger charge is 2.51. The van der Waals surface area contributed by atoms with Gasteiger partial charge >= 0.3 is 13.1 Å². The number of nitrogens with zero attached hydrogens (tertiary/aromatic N) is 2. The van der Waals surface area contributed by atoms with Gasteiger partial charge in [-0.25, -0.2) is 0 Å². The van der Waals surface area contributed by atoms with Gasteiger partial charge in [0.25, 0.3) is 0 Å². The van der Waals surface area contributed by atoms with Gasteiger partial charge in [-0.05, 0) is 51.2 Å². The van der Waals surface area contributed by atoms with Gasteiger partial charge in [-0.2, -0.15) is 5.10 Å². The van der Waals surface area contributed by atoms with Crippen molar-refractivity contribution < 1.29 is 24.0 Å². The number of allylic oxidation sites excluding steroid dienone is 1. The van der Waals surface area contributed by atoms with Crippen LogP contribution in [0.3, 0.4) is 0 Å². The molecule has 0 spiro atoms. The quantitative estimate of drug-likeness (QED) is 0.467. The number of ketones is 1. The van der Waals surface area contributed by atoms with Gasteiger partial charge in [0.15, 0.2) is 5.78 Å². The van der Waals surface area contributed by atoms with Crippen molar-refractivity contribution in [2.45, 2.75) is 58.8 Å². The molecule has 1 saturated heterocycles. The van der Waals surface area contributed by atoms with E-state index in [1.54, 1.807) is 12.1 Å². The number of hydrogen-bond acceptors (Lipinski definition) is 5. The second-order valence-electron chi connectivity index (χ2n) is 8.11. The predicted octanol–water partition coefficient (Wildman–Crippen LogP) is 2.35. The van der Waals surface area contributed by atoms with E-state index in [0.29, 0.717) is 17.3 Å². The fraction of sp³-hybridized carbons (Fsp3) is 0.450. The van der Waals surface area contributed by atoms with Crippen LogP contribution < -0.4 is 5.46 Å². The summed E-state index contributed by atoms with van der Waals surface area (Å²) in [5, 5.41) is 14.2. The van der Waals surface area contributed by atoms with E-state index in [9.17, 15) is 14.7 Å². The first-order valence-corrected chi connectivity index (χ1v) is 9.19. The van der Waals surface area contributed by atoms with Crippen LogP contribution in [0.4, 0.5) is 0 Å². The maximum Gasteiger partial charge on any atom is 0.494 e. The number of carbonyl (C=O) groups is 2. The average molecular weight is 384 g/mol. The summed E-state index contributed by atoms with van der Waals surface area (Å²) in [4.78, 5) is 23.4. The van der Waals surface area contributed by atoms with Crippen LogP contribution in [0.25, 0.3) is 10.9 Å². The number of carbonyl (C=O) groups excluding carboxylic acids is 1. The SMILES string of the molecule is C=CCc1cc(B2OC(C)(C)C(C)(C)O2)cc2c1c(C(C)=O)nn2CC(=O)O. The molecule has 0 bridgehead atoms. The number of benzene rings is 1. The van der Waals surface area contributed by atoms with E-state index < -0.39 is 24.3 Å². The van der Waals surface area contributed by atoms with Crippen LogP contribution in [-0.4, -0.2) is 45.0 Å². The molecule has 0 atom stereocenters. The van der Waals surface area contributed by atoms with Crippen LogP contribution in [0.5, 0.6) is 0 Å². The predicted molar refractivity (Wildman–Crippen MR) is 107 cm³/mol. The highest BCUT2D eigenvalue weighted by atomic mass is 16.7. The normalized spacial score (nSPS) is 17.8. The minimum absolute atomic E-state index is 0.220. The highest BCUT2D eigenvalue weighted by Crippen LogP contribution is 2.37. The largest absolute Gasteiger partial charge is 0.494 e. The van der Waals surface area contributed by atoms with Gasteiger partial charge < -0.3 is 14.4 Å². The molecule has 0 aliphatic carbocycles. The lowest BCUT2D eigenvalue weighted by atomic mass is 9.77. The molecule has 0 unspecified atom stereocenters. The molecule has 1 aromatic carbocycles. The Morgan fingerprint density at radius 3 is 2.36 bits per heavy atom. The molecule has 7 nitrogen and oxygen atoms in total. The minimum atomic E-state index is -1.04. The van der Waals surface area contributed by atoms with Gasteiger partial charge in [-0.15, -0.1) is 6.58 Å². The molecule has 3 rings (SSSR count). The third kappa shape index (κ3) is 3.38. The first-order valence-electron chi connectivity index (χ1n) is 9.19. The van der Waals surface area contributed by atoms with Crippen molar-refractivity contribution in [2.75, 3.05) is 0 Å². The summed E-state index contributed by atoms with van der Waals surface area (Å²) >= 11 is 0. The minimum Gasteiger partial charge on any atom is -0.480 e. The van der Waals surface area contributed by atoms with Crippen LogP contribution >= 0.6 is 0 Å². The molecule has 2 heterocycles. The lowest BCUT2D eigenvalue weighted by Gasteiger charge is -2.32. The number of hydrogen-bond donors (Lipinski definition) is 1.